The second-order valence-corrected chi connectivity index (χ2v) is 3.34. The van der Waals surface area contributed by atoms with Crippen LogP contribution in [0.5, 0.6) is 0 Å². The van der Waals surface area contributed by atoms with Crippen molar-refractivity contribution in [1.82, 2.24) is 10.3 Å². The minimum Gasteiger partial charge on any atom is -0.370 e. The van der Waals surface area contributed by atoms with E-state index in [2.05, 4.69) is 15.3 Å². The molecule has 0 amide bonds. The Morgan fingerprint density at radius 1 is 1.53 bits per heavy atom. The van der Waals surface area contributed by atoms with Gasteiger partial charge in [-0.25, -0.2) is 4.98 Å². The van der Waals surface area contributed by atoms with Crippen LogP contribution in [0.25, 0.3) is 0 Å². The lowest BCUT2D eigenvalue weighted by Crippen LogP contribution is -2.31. The van der Waals surface area contributed by atoms with Crippen LogP contribution in [0.4, 0.5) is 5.82 Å². The Hall–Kier alpha value is -1.78. The molecule has 1 aromatic rings. The zero-order valence-corrected chi connectivity index (χ0v) is 9.36. The van der Waals surface area contributed by atoms with E-state index in [-0.39, 0.29) is 0 Å². The standard InChI is InChI=1S/C10H17N5/c1-12-10(11)13-7-8-5-4-6-9(14-8)15(2)3/h4-6H,7H2,1-3H3,(H3,11,12,13). The lowest BCUT2D eigenvalue weighted by Gasteiger charge is -2.12. The molecule has 0 aliphatic rings. The molecule has 0 atom stereocenters. The molecule has 0 fully saturated rings. The lowest BCUT2D eigenvalue weighted by molar-refractivity contribution is 0.857. The number of nitrogens with two attached hydrogens (primary N) is 1. The number of rotatable bonds is 3. The number of aliphatic imine (C=N–C) groups is 1. The molecule has 0 radical (unpaired) electrons. The van der Waals surface area contributed by atoms with Crippen LogP contribution in [0, 0.1) is 0 Å². The van der Waals surface area contributed by atoms with E-state index in [0.717, 1.165) is 11.5 Å². The fourth-order valence-corrected chi connectivity index (χ4v) is 1.07. The summed E-state index contributed by atoms with van der Waals surface area (Å²) < 4.78 is 0. The van der Waals surface area contributed by atoms with Gasteiger partial charge < -0.3 is 16.0 Å². The Kier molecular flexibility index (Phi) is 3.91. The topological polar surface area (TPSA) is 66.5 Å². The number of aromatic nitrogens is 1. The number of anilines is 1. The highest BCUT2D eigenvalue weighted by Gasteiger charge is 1.99. The van der Waals surface area contributed by atoms with Crippen molar-refractivity contribution < 1.29 is 0 Å². The van der Waals surface area contributed by atoms with E-state index < -0.39 is 0 Å². The zero-order chi connectivity index (χ0) is 11.3. The SMILES string of the molecule is CN=C(N)NCc1cccc(N(C)C)n1. The summed E-state index contributed by atoms with van der Waals surface area (Å²) >= 11 is 0. The third-order valence-electron chi connectivity index (χ3n) is 1.94. The lowest BCUT2D eigenvalue weighted by atomic mass is 10.3. The molecule has 5 nitrogen and oxygen atoms in total. The summed E-state index contributed by atoms with van der Waals surface area (Å²) in [5.74, 6) is 1.35. The summed E-state index contributed by atoms with van der Waals surface area (Å²) in [4.78, 5) is 10.2. The Bertz CT molecular complexity index is 345. The molecule has 15 heavy (non-hydrogen) atoms. The van der Waals surface area contributed by atoms with Crippen molar-refractivity contribution in [1.29, 1.82) is 0 Å². The van der Waals surface area contributed by atoms with Gasteiger partial charge in [0.15, 0.2) is 5.96 Å². The van der Waals surface area contributed by atoms with E-state index >= 15 is 0 Å². The molecule has 1 rings (SSSR count). The summed E-state index contributed by atoms with van der Waals surface area (Å²) in [7, 11) is 5.56. The van der Waals surface area contributed by atoms with E-state index in [0.29, 0.717) is 12.5 Å². The van der Waals surface area contributed by atoms with Crippen LogP contribution in [0.15, 0.2) is 23.2 Å². The molecule has 0 aliphatic carbocycles. The maximum Gasteiger partial charge on any atom is 0.188 e. The van der Waals surface area contributed by atoms with Crippen molar-refractivity contribution in [2.45, 2.75) is 6.54 Å². The molecule has 82 valence electrons. The quantitative estimate of drug-likeness (QED) is 0.548. The van der Waals surface area contributed by atoms with Crippen LogP contribution in [0.3, 0.4) is 0 Å². The number of guanidine groups is 1. The first-order valence-corrected chi connectivity index (χ1v) is 4.73. The van der Waals surface area contributed by atoms with Gasteiger partial charge in [-0.15, -0.1) is 0 Å². The Morgan fingerprint density at radius 2 is 2.27 bits per heavy atom. The predicted molar refractivity (Wildman–Crippen MR) is 63.0 cm³/mol. The molecule has 1 aromatic heterocycles. The first kappa shape index (κ1) is 11.3. The molecule has 0 aromatic carbocycles. The Morgan fingerprint density at radius 3 is 2.87 bits per heavy atom. The molecule has 0 saturated heterocycles. The van der Waals surface area contributed by atoms with E-state index in [4.69, 9.17) is 5.73 Å². The van der Waals surface area contributed by atoms with Crippen LogP contribution < -0.4 is 16.0 Å². The zero-order valence-electron chi connectivity index (χ0n) is 9.36. The van der Waals surface area contributed by atoms with Crippen molar-refractivity contribution >= 4 is 11.8 Å². The molecule has 0 bridgehead atoms. The minimum atomic E-state index is 0.423. The average molecular weight is 207 g/mol. The van der Waals surface area contributed by atoms with Gasteiger partial charge in [-0.2, -0.15) is 0 Å². The third kappa shape index (κ3) is 3.46. The number of nitrogens with one attached hydrogen (secondary N) is 1. The van der Waals surface area contributed by atoms with Gasteiger partial charge in [0.2, 0.25) is 0 Å². The van der Waals surface area contributed by atoms with Gasteiger partial charge in [-0.05, 0) is 12.1 Å². The highest BCUT2D eigenvalue weighted by Crippen LogP contribution is 2.07. The van der Waals surface area contributed by atoms with Gasteiger partial charge in [0.05, 0.1) is 12.2 Å². The predicted octanol–water partition coefficient (Wildman–Crippen LogP) is 0.182. The third-order valence-corrected chi connectivity index (χ3v) is 1.94. The highest BCUT2D eigenvalue weighted by atomic mass is 15.1. The van der Waals surface area contributed by atoms with Gasteiger partial charge in [-0.1, -0.05) is 6.07 Å². The molecule has 0 unspecified atom stereocenters. The Labute approximate surface area is 90.0 Å². The monoisotopic (exact) mass is 207 g/mol. The molecule has 1 heterocycles. The minimum absolute atomic E-state index is 0.423. The largest absolute Gasteiger partial charge is 0.370 e. The molecule has 0 spiro atoms. The highest BCUT2D eigenvalue weighted by molar-refractivity contribution is 5.77. The maximum absolute atomic E-state index is 5.52. The van der Waals surface area contributed by atoms with Gasteiger partial charge >= 0.3 is 0 Å². The van der Waals surface area contributed by atoms with Crippen molar-refractivity contribution in [3.63, 3.8) is 0 Å². The fraction of sp³-hybridized carbons (Fsp3) is 0.400. The molecular formula is C10H17N5. The van der Waals surface area contributed by atoms with E-state index in [1.807, 2.05) is 37.2 Å². The van der Waals surface area contributed by atoms with Gasteiger partial charge in [0, 0.05) is 21.1 Å². The van der Waals surface area contributed by atoms with Crippen molar-refractivity contribution in [2.24, 2.45) is 10.7 Å². The number of hydrogen-bond acceptors (Lipinski definition) is 3. The van der Waals surface area contributed by atoms with Gasteiger partial charge in [0.25, 0.3) is 0 Å². The van der Waals surface area contributed by atoms with Crippen LogP contribution in [-0.4, -0.2) is 32.1 Å². The first-order valence-electron chi connectivity index (χ1n) is 4.73. The van der Waals surface area contributed by atoms with Crippen LogP contribution >= 0.6 is 0 Å². The second kappa shape index (κ2) is 5.19. The van der Waals surface area contributed by atoms with Crippen LogP contribution in [0.2, 0.25) is 0 Å². The second-order valence-electron chi connectivity index (χ2n) is 3.34. The number of nitrogens with zero attached hydrogens (tertiary/aromatic N) is 3. The van der Waals surface area contributed by atoms with Crippen LogP contribution in [-0.2, 0) is 6.54 Å². The van der Waals surface area contributed by atoms with Crippen molar-refractivity contribution in [2.75, 3.05) is 26.0 Å². The summed E-state index contributed by atoms with van der Waals surface area (Å²) in [6.45, 7) is 0.588. The van der Waals surface area contributed by atoms with Gasteiger partial charge in [-0.3, -0.25) is 4.99 Å². The van der Waals surface area contributed by atoms with Crippen LogP contribution in [0.1, 0.15) is 5.69 Å². The maximum atomic E-state index is 5.52. The number of hydrogen-bond donors (Lipinski definition) is 2. The summed E-state index contributed by atoms with van der Waals surface area (Å²) in [5, 5.41) is 2.96. The average Bonchev–Trinajstić information content (AvgIpc) is 2.26. The van der Waals surface area contributed by atoms with E-state index in [1.165, 1.54) is 0 Å². The smallest absolute Gasteiger partial charge is 0.188 e. The summed E-state index contributed by atoms with van der Waals surface area (Å²) in [5.41, 5.74) is 6.46. The Balaban J connectivity index is 2.66. The first-order chi connectivity index (χ1) is 7.13. The van der Waals surface area contributed by atoms with E-state index in [1.54, 1.807) is 7.05 Å². The van der Waals surface area contributed by atoms with Crippen molar-refractivity contribution in [3.05, 3.63) is 23.9 Å². The molecule has 3 N–H and O–H groups in total. The molecule has 0 saturated carbocycles. The summed E-state index contributed by atoms with van der Waals surface area (Å²) in [6.07, 6.45) is 0. The van der Waals surface area contributed by atoms with E-state index in [9.17, 15) is 0 Å². The normalized spacial score (nSPS) is 11.3. The molecule has 5 heteroatoms. The molecule has 0 aliphatic heterocycles. The van der Waals surface area contributed by atoms with Crippen molar-refractivity contribution in [3.8, 4) is 0 Å². The van der Waals surface area contributed by atoms with Gasteiger partial charge in [0.1, 0.15) is 5.82 Å². The number of pyridine rings is 1. The summed E-state index contributed by atoms with van der Waals surface area (Å²) in [6, 6.07) is 5.88. The molecular weight excluding hydrogens is 190 g/mol. The fourth-order valence-electron chi connectivity index (χ4n) is 1.07.